The maximum atomic E-state index is 11.5. The number of anilines is 1. The number of halogens is 1. The smallest absolute Gasteiger partial charge is 0.316 e. The van der Waals surface area contributed by atoms with Gasteiger partial charge in [0.05, 0.1) is 5.41 Å². The number of hydrogen-bond donors (Lipinski definition) is 2. The highest BCUT2D eigenvalue weighted by atomic mass is 35.5. The highest BCUT2D eigenvalue weighted by Gasteiger charge is 2.23. The summed E-state index contributed by atoms with van der Waals surface area (Å²) < 4.78 is 5.17. The van der Waals surface area contributed by atoms with Gasteiger partial charge in [-0.15, -0.1) is 12.4 Å². The molecule has 0 fully saturated rings. The van der Waals surface area contributed by atoms with Crippen LogP contribution >= 0.6 is 12.4 Å². The van der Waals surface area contributed by atoms with Crippen LogP contribution in [0.1, 0.15) is 20.8 Å². The second kappa shape index (κ2) is 5.72. The zero-order chi connectivity index (χ0) is 11.5. The van der Waals surface area contributed by atoms with Gasteiger partial charge in [0.2, 0.25) is 0 Å². The summed E-state index contributed by atoms with van der Waals surface area (Å²) in [4.78, 5) is 11.5. The van der Waals surface area contributed by atoms with E-state index < -0.39 is 5.41 Å². The van der Waals surface area contributed by atoms with Crippen molar-refractivity contribution in [3.8, 4) is 5.75 Å². The van der Waals surface area contributed by atoms with Gasteiger partial charge in [-0.25, -0.2) is 0 Å². The van der Waals surface area contributed by atoms with Gasteiger partial charge in [-0.2, -0.15) is 0 Å². The molecule has 0 saturated heterocycles. The Balaban J connectivity index is 0.00000225. The molecule has 0 amide bonds. The van der Waals surface area contributed by atoms with E-state index in [9.17, 15) is 4.79 Å². The third kappa shape index (κ3) is 4.08. The molecule has 0 aliphatic carbocycles. The Morgan fingerprint density at radius 3 is 2.12 bits per heavy atom. The van der Waals surface area contributed by atoms with Crippen LogP contribution in [0.25, 0.3) is 0 Å². The molecule has 0 aliphatic heterocycles. The van der Waals surface area contributed by atoms with Crippen LogP contribution in [0.2, 0.25) is 0 Å². The van der Waals surface area contributed by atoms with Gasteiger partial charge in [-0.3, -0.25) is 10.6 Å². The number of nitrogen functional groups attached to an aromatic ring is 1. The average Bonchev–Trinajstić information content (AvgIpc) is 2.17. The Labute approximate surface area is 102 Å². The van der Waals surface area contributed by atoms with Crippen molar-refractivity contribution in [1.29, 1.82) is 0 Å². The number of nitrogens with one attached hydrogen (secondary N) is 1. The van der Waals surface area contributed by atoms with E-state index in [0.717, 1.165) is 5.69 Å². The van der Waals surface area contributed by atoms with Crippen molar-refractivity contribution < 1.29 is 9.53 Å². The van der Waals surface area contributed by atoms with Crippen molar-refractivity contribution in [2.24, 2.45) is 11.3 Å². The molecule has 0 bridgehead atoms. The van der Waals surface area contributed by atoms with Gasteiger partial charge in [0, 0.05) is 5.69 Å². The number of hydrogen-bond acceptors (Lipinski definition) is 4. The highest BCUT2D eigenvalue weighted by molar-refractivity contribution is 5.85. The first-order valence-corrected chi connectivity index (χ1v) is 4.72. The minimum Gasteiger partial charge on any atom is -0.426 e. The molecule has 0 aromatic heterocycles. The molecular weight excluding hydrogens is 228 g/mol. The molecule has 4 nitrogen and oxygen atoms in total. The van der Waals surface area contributed by atoms with Crippen molar-refractivity contribution in [2.75, 3.05) is 5.43 Å². The van der Waals surface area contributed by atoms with E-state index in [0.29, 0.717) is 5.75 Å². The molecule has 0 heterocycles. The van der Waals surface area contributed by atoms with E-state index in [2.05, 4.69) is 5.43 Å². The fraction of sp³-hybridized carbons (Fsp3) is 0.364. The molecule has 0 aliphatic rings. The second-order valence-electron chi connectivity index (χ2n) is 4.31. The summed E-state index contributed by atoms with van der Waals surface area (Å²) in [5, 5.41) is 0. The zero-order valence-corrected chi connectivity index (χ0v) is 10.4. The summed E-state index contributed by atoms with van der Waals surface area (Å²) in [6, 6.07) is 6.87. The van der Waals surface area contributed by atoms with E-state index in [1.54, 1.807) is 24.3 Å². The summed E-state index contributed by atoms with van der Waals surface area (Å²) >= 11 is 0. The van der Waals surface area contributed by atoms with Crippen molar-refractivity contribution >= 4 is 24.1 Å². The number of hydrazine groups is 1. The standard InChI is InChI=1S/C11H16N2O2.ClH/c1-11(2,3)10(14)15-9-6-4-8(13-12)5-7-9;/h4-7,13H,12H2,1-3H3;1H. The molecule has 90 valence electrons. The highest BCUT2D eigenvalue weighted by Crippen LogP contribution is 2.20. The first-order chi connectivity index (χ1) is 6.93. The van der Waals surface area contributed by atoms with Crippen LogP contribution in [0.15, 0.2) is 24.3 Å². The average molecular weight is 245 g/mol. The van der Waals surface area contributed by atoms with Crippen LogP contribution in [0.5, 0.6) is 5.75 Å². The molecule has 1 aromatic carbocycles. The van der Waals surface area contributed by atoms with Gasteiger partial charge in [-0.1, -0.05) is 0 Å². The van der Waals surface area contributed by atoms with Gasteiger partial charge >= 0.3 is 5.97 Å². The molecule has 1 aromatic rings. The quantitative estimate of drug-likeness (QED) is 0.363. The topological polar surface area (TPSA) is 64.3 Å². The third-order valence-corrected chi connectivity index (χ3v) is 1.84. The predicted molar refractivity (Wildman–Crippen MR) is 66.6 cm³/mol. The zero-order valence-electron chi connectivity index (χ0n) is 9.61. The van der Waals surface area contributed by atoms with Crippen molar-refractivity contribution in [3.05, 3.63) is 24.3 Å². The Bertz CT molecular complexity index is 344. The number of carbonyl (C=O) groups is 1. The Morgan fingerprint density at radius 2 is 1.75 bits per heavy atom. The third-order valence-electron chi connectivity index (χ3n) is 1.84. The normalized spacial score (nSPS) is 10.2. The largest absolute Gasteiger partial charge is 0.426 e. The van der Waals surface area contributed by atoms with Gasteiger partial charge in [0.25, 0.3) is 0 Å². The van der Waals surface area contributed by atoms with Crippen LogP contribution in [-0.4, -0.2) is 5.97 Å². The molecule has 5 heteroatoms. The first-order valence-electron chi connectivity index (χ1n) is 4.72. The number of carbonyl (C=O) groups excluding carboxylic acids is 1. The van der Waals surface area contributed by atoms with Crippen LogP contribution in [0, 0.1) is 5.41 Å². The maximum absolute atomic E-state index is 11.5. The molecule has 0 spiro atoms. The number of rotatable bonds is 2. The number of esters is 1. The molecule has 1 rings (SSSR count). The lowest BCUT2D eigenvalue weighted by Crippen LogP contribution is -2.25. The fourth-order valence-corrected chi connectivity index (χ4v) is 0.879. The maximum Gasteiger partial charge on any atom is 0.316 e. The number of benzene rings is 1. The van der Waals surface area contributed by atoms with Crippen molar-refractivity contribution in [3.63, 3.8) is 0 Å². The second-order valence-corrected chi connectivity index (χ2v) is 4.31. The Morgan fingerprint density at radius 1 is 1.25 bits per heavy atom. The first kappa shape index (κ1) is 14.7. The van der Waals surface area contributed by atoms with E-state index in [1.165, 1.54) is 0 Å². The predicted octanol–water partition coefficient (Wildman–Crippen LogP) is 2.35. The SMILES string of the molecule is CC(C)(C)C(=O)Oc1ccc(NN)cc1.Cl. The molecule has 3 N–H and O–H groups in total. The molecule has 0 radical (unpaired) electrons. The minimum atomic E-state index is -0.495. The lowest BCUT2D eigenvalue weighted by molar-refractivity contribution is -0.142. The van der Waals surface area contributed by atoms with E-state index in [1.807, 2.05) is 20.8 Å². The summed E-state index contributed by atoms with van der Waals surface area (Å²) in [6.07, 6.45) is 0. The van der Waals surface area contributed by atoms with E-state index >= 15 is 0 Å². The molecule has 0 unspecified atom stereocenters. The van der Waals surface area contributed by atoms with Crippen LogP contribution in [-0.2, 0) is 4.79 Å². The molecule has 16 heavy (non-hydrogen) atoms. The van der Waals surface area contributed by atoms with Crippen LogP contribution < -0.4 is 16.0 Å². The van der Waals surface area contributed by atoms with Gasteiger partial charge < -0.3 is 10.2 Å². The van der Waals surface area contributed by atoms with Crippen LogP contribution in [0.3, 0.4) is 0 Å². The number of ether oxygens (including phenoxy) is 1. The number of nitrogens with two attached hydrogens (primary N) is 1. The summed E-state index contributed by atoms with van der Waals surface area (Å²) in [5.74, 6) is 5.48. The summed E-state index contributed by atoms with van der Waals surface area (Å²) in [7, 11) is 0. The minimum absolute atomic E-state index is 0. The van der Waals surface area contributed by atoms with Crippen molar-refractivity contribution in [1.82, 2.24) is 0 Å². The summed E-state index contributed by atoms with van der Waals surface area (Å²) in [5.41, 5.74) is 2.77. The fourth-order valence-electron chi connectivity index (χ4n) is 0.879. The molecule has 0 saturated carbocycles. The Hall–Kier alpha value is -1.26. The van der Waals surface area contributed by atoms with Crippen LogP contribution in [0.4, 0.5) is 5.69 Å². The van der Waals surface area contributed by atoms with E-state index in [-0.39, 0.29) is 18.4 Å². The Kier molecular flexibility index (Phi) is 5.27. The van der Waals surface area contributed by atoms with Crippen molar-refractivity contribution in [2.45, 2.75) is 20.8 Å². The van der Waals surface area contributed by atoms with Gasteiger partial charge in [0.1, 0.15) is 5.75 Å². The van der Waals surface area contributed by atoms with E-state index in [4.69, 9.17) is 10.6 Å². The van der Waals surface area contributed by atoms with Gasteiger partial charge in [-0.05, 0) is 45.0 Å². The molecule has 0 atom stereocenters. The lowest BCUT2D eigenvalue weighted by Gasteiger charge is -2.16. The lowest BCUT2D eigenvalue weighted by atomic mass is 9.97. The molecular formula is C11H17ClN2O2. The summed E-state index contributed by atoms with van der Waals surface area (Å²) in [6.45, 7) is 5.43. The van der Waals surface area contributed by atoms with Gasteiger partial charge in [0.15, 0.2) is 0 Å². The monoisotopic (exact) mass is 244 g/mol.